The van der Waals surface area contributed by atoms with Gasteiger partial charge in [-0.05, 0) is 69.3 Å². The highest BCUT2D eigenvalue weighted by Gasteiger charge is 2.24. The monoisotopic (exact) mass is 354 g/mol. The van der Waals surface area contributed by atoms with E-state index in [1.807, 2.05) is 18.2 Å². The van der Waals surface area contributed by atoms with Crippen molar-refractivity contribution in [3.8, 4) is 0 Å². The number of rotatable bonds is 4. The molecule has 2 saturated heterocycles. The summed E-state index contributed by atoms with van der Waals surface area (Å²) in [4.78, 5) is 22.1. The standard InChI is InChI=1S/C21H30N4O/c1-17-7-11-23(12-8-17)14-18-5-4-9-24(15-18)16-19-13-21(26)25-10-3-2-6-20(25)22-19/h2-3,6,10,13,17-18H,4-5,7-9,11-12,14-16H2,1H3. The fourth-order valence-electron chi connectivity index (χ4n) is 4.47. The molecule has 4 heterocycles. The Morgan fingerprint density at radius 2 is 1.96 bits per heavy atom. The van der Waals surface area contributed by atoms with Crippen LogP contribution in [-0.2, 0) is 6.54 Å². The summed E-state index contributed by atoms with van der Waals surface area (Å²) < 4.78 is 1.61. The molecule has 1 unspecified atom stereocenters. The molecule has 2 aromatic rings. The van der Waals surface area contributed by atoms with Crippen LogP contribution in [-0.4, -0.2) is 51.9 Å². The van der Waals surface area contributed by atoms with Crippen LogP contribution in [0.4, 0.5) is 0 Å². The van der Waals surface area contributed by atoms with Crippen molar-refractivity contribution < 1.29 is 0 Å². The van der Waals surface area contributed by atoms with Gasteiger partial charge >= 0.3 is 0 Å². The molecule has 0 spiro atoms. The van der Waals surface area contributed by atoms with Crippen molar-refractivity contribution in [1.29, 1.82) is 0 Å². The zero-order chi connectivity index (χ0) is 17.9. The second-order valence-electron chi connectivity index (χ2n) is 8.24. The highest BCUT2D eigenvalue weighted by atomic mass is 16.1. The zero-order valence-electron chi connectivity index (χ0n) is 15.8. The number of fused-ring (bicyclic) bond motifs is 1. The Morgan fingerprint density at radius 1 is 1.12 bits per heavy atom. The van der Waals surface area contributed by atoms with Crippen LogP contribution in [0.2, 0.25) is 0 Å². The van der Waals surface area contributed by atoms with E-state index in [2.05, 4.69) is 16.7 Å². The lowest BCUT2D eigenvalue weighted by atomic mass is 9.94. The molecule has 140 valence electrons. The van der Waals surface area contributed by atoms with Crippen molar-refractivity contribution in [2.24, 2.45) is 11.8 Å². The van der Waals surface area contributed by atoms with Crippen LogP contribution in [0.25, 0.3) is 5.65 Å². The van der Waals surface area contributed by atoms with Gasteiger partial charge in [0, 0.05) is 31.9 Å². The number of aromatic nitrogens is 2. The number of hydrogen-bond donors (Lipinski definition) is 0. The van der Waals surface area contributed by atoms with Crippen molar-refractivity contribution in [3.63, 3.8) is 0 Å². The summed E-state index contributed by atoms with van der Waals surface area (Å²) in [7, 11) is 0. The Labute approximate surface area is 155 Å². The van der Waals surface area contributed by atoms with Crippen molar-refractivity contribution in [3.05, 3.63) is 46.5 Å². The highest BCUT2D eigenvalue weighted by molar-refractivity contribution is 5.37. The molecule has 0 saturated carbocycles. The van der Waals surface area contributed by atoms with Crippen LogP contribution < -0.4 is 5.56 Å². The van der Waals surface area contributed by atoms with E-state index in [0.717, 1.165) is 42.8 Å². The highest BCUT2D eigenvalue weighted by Crippen LogP contribution is 2.22. The van der Waals surface area contributed by atoms with E-state index in [0.29, 0.717) is 0 Å². The summed E-state index contributed by atoms with van der Waals surface area (Å²) in [5.74, 6) is 1.64. The maximum Gasteiger partial charge on any atom is 0.258 e. The molecule has 5 nitrogen and oxygen atoms in total. The number of hydrogen-bond acceptors (Lipinski definition) is 4. The lowest BCUT2D eigenvalue weighted by Crippen LogP contribution is -2.43. The lowest BCUT2D eigenvalue weighted by molar-refractivity contribution is 0.108. The van der Waals surface area contributed by atoms with Gasteiger partial charge in [-0.1, -0.05) is 13.0 Å². The average molecular weight is 354 g/mol. The van der Waals surface area contributed by atoms with Crippen LogP contribution in [0, 0.1) is 11.8 Å². The van der Waals surface area contributed by atoms with Crippen LogP contribution >= 0.6 is 0 Å². The Balaban J connectivity index is 1.38. The average Bonchev–Trinajstić information content (AvgIpc) is 2.64. The van der Waals surface area contributed by atoms with Gasteiger partial charge in [0.05, 0.1) is 5.69 Å². The van der Waals surface area contributed by atoms with E-state index in [4.69, 9.17) is 4.98 Å². The second kappa shape index (κ2) is 7.89. The smallest absolute Gasteiger partial charge is 0.258 e. The van der Waals surface area contributed by atoms with Crippen molar-refractivity contribution in [2.75, 3.05) is 32.7 Å². The van der Waals surface area contributed by atoms with Gasteiger partial charge < -0.3 is 4.90 Å². The summed E-state index contributed by atoms with van der Waals surface area (Å²) in [5, 5.41) is 0. The summed E-state index contributed by atoms with van der Waals surface area (Å²) in [6.45, 7) is 9.16. The normalized spacial score (nSPS) is 23.5. The van der Waals surface area contributed by atoms with E-state index in [1.54, 1.807) is 16.7 Å². The third kappa shape index (κ3) is 4.15. The molecule has 0 aliphatic carbocycles. The molecule has 1 atom stereocenters. The maximum absolute atomic E-state index is 12.3. The molecule has 2 aliphatic heterocycles. The van der Waals surface area contributed by atoms with E-state index in [9.17, 15) is 4.79 Å². The van der Waals surface area contributed by atoms with Crippen molar-refractivity contribution in [2.45, 2.75) is 39.2 Å². The molecular formula is C21H30N4O. The third-order valence-electron chi connectivity index (χ3n) is 6.01. The maximum atomic E-state index is 12.3. The Kier molecular flexibility index (Phi) is 5.36. The van der Waals surface area contributed by atoms with Gasteiger partial charge in [-0.3, -0.25) is 14.1 Å². The number of likely N-dealkylation sites (tertiary alicyclic amines) is 2. The second-order valence-corrected chi connectivity index (χ2v) is 8.24. The minimum absolute atomic E-state index is 0.0154. The van der Waals surface area contributed by atoms with Gasteiger partial charge in [0.15, 0.2) is 0 Å². The molecular weight excluding hydrogens is 324 g/mol. The molecule has 26 heavy (non-hydrogen) atoms. The molecule has 0 radical (unpaired) electrons. The quantitative estimate of drug-likeness (QED) is 0.846. The molecule has 2 fully saturated rings. The van der Waals surface area contributed by atoms with E-state index >= 15 is 0 Å². The largest absolute Gasteiger partial charge is 0.303 e. The zero-order valence-corrected chi connectivity index (χ0v) is 15.8. The first-order valence-electron chi connectivity index (χ1n) is 10.1. The minimum atomic E-state index is 0.0154. The summed E-state index contributed by atoms with van der Waals surface area (Å²) in [6, 6.07) is 7.40. The van der Waals surface area contributed by atoms with E-state index in [1.165, 1.54) is 45.3 Å². The number of piperidine rings is 2. The van der Waals surface area contributed by atoms with Gasteiger partial charge in [-0.2, -0.15) is 0 Å². The number of pyridine rings is 1. The Hall–Kier alpha value is -1.72. The van der Waals surface area contributed by atoms with Crippen molar-refractivity contribution in [1.82, 2.24) is 19.2 Å². The van der Waals surface area contributed by atoms with Crippen molar-refractivity contribution >= 4 is 5.65 Å². The molecule has 5 heteroatoms. The molecule has 2 aliphatic rings. The topological polar surface area (TPSA) is 40.9 Å². The Morgan fingerprint density at radius 3 is 2.81 bits per heavy atom. The van der Waals surface area contributed by atoms with E-state index < -0.39 is 0 Å². The summed E-state index contributed by atoms with van der Waals surface area (Å²) >= 11 is 0. The van der Waals surface area contributed by atoms with E-state index in [-0.39, 0.29) is 5.56 Å². The van der Waals surface area contributed by atoms with Gasteiger partial charge in [-0.25, -0.2) is 4.98 Å². The summed E-state index contributed by atoms with van der Waals surface area (Å²) in [6.07, 6.45) is 7.06. The molecule has 0 aromatic carbocycles. The van der Waals surface area contributed by atoms with Gasteiger partial charge in [-0.15, -0.1) is 0 Å². The third-order valence-corrected chi connectivity index (χ3v) is 6.01. The molecule has 0 bridgehead atoms. The van der Waals surface area contributed by atoms with Crippen LogP contribution in [0.15, 0.2) is 35.3 Å². The van der Waals surface area contributed by atoms with Gasteiger partial charge in [0.1, 0.15) is 5.65 Å². The van der Waals surface area contributed by atoms with Crippen LogP contribution in [0.3, 0.4) is 0 Å². The summed E-state index contributed by atoms with van der Waals surface area (Å²) in [5.41, 5.74) is 1.65. The molecule has 4 rings (SSSR count). The number of nitrogens with zero attached hydrogens (tertiary/aromatic N) is 4. The fraction of sp³-hybridized carbons (Fsp3) is 0.619. The first-order valence-corrected chi connectivity index (χ1v) is 10.1. The first-order chi connectivity index (χ1) is 12.7. The predicted octanol–water partition coefficient (Wildman–Crippen LogP) is 2.64. The minimum Gasteiger partial charge on any atom is -0.303 e. The van der Waals surface area contributed by atoms with Gasteiger partial charge in [0.2, 0.25) is 0 Å². The Bertz CT molecular complexity index is 794. The molecule has 0 amide bonds. The fourth-order valence-corrected chi connectivity index (χ4v) is 4.47. The lowest BCUT2D eigenvalue weighted by Gasteiger charge is -2.37. The van der Waals surface area contributed by atoms with Gasteiger partial charge in [0.25, 0.3) is 5.56 Å². The predicted molar refractivity (Wildman–Crippen MR) is 104 cm³/mol. The molecule has 2 aromatic heterocycles. The van der Waals surface area contributed by atoms with Crippen LogP contribution in [0.5, 0.6) is 0 Å². The molecule has 0 N–H and O–H groups in total. The SMILES string of the molecule is CC1CCN(CC2CCCN(Cc3cc(=O)n4ccccc4n3)C2)CC1. The first kappa shape index (κ1) is 17.7. The van der Waals surface area contributed by atoms with Crippen LogP contribution in [0.1, 0.15) is 38.3 Å².